The quantitative estimate of drug-likeness (QED) is 0.317. The molecule has 28 heavy (non-hydrogen) atoms. The van der Waals surface area contributed by atoms with E-state index in [2.05, 4.69) is 121 Å². The van der Waals surface area contributed by atoms with Crippen LogP contribution in [-0.2, 0) is 11.8 Å². The molecule has 0 aliphatic heterocycles. The average molecular weight is 476 g/mol. The summed E-state index contributed by atoms with van der Waals surface area (Å²) in [4.78, 5) is 0. The van der Waals surface area contributed by atoms with Crippen molar-refractivity contribution in [2.45, 2.75) is 18.8 Å². The van der Waals surface area contributed by atoms with Gasteiger partial charge < -0.3 is 0 Å². The van der Waals surface area contributed by atoms with Crippen molar-refractivity contribution < 1.29 is 0 Å². The molecule has 1 unspecified atom stereocenters. The summed E-state index contributed by atoms with van der Waals surface area (Å²) >= 11 is 2.44. The molecule has 0 bridgehead atoms. The zero-order valence-corrected chi connectivity index (χ0v) is 18.4. The number of allylic oxidation sites excluding steroid dienone is 10. The van der Waals surface area contributed by atoms with Gasteiger partial charge in [0.1, 0.15) is 0 Å². The number of fused-ring (bicyclic) bond motifs is 1. The maximum atomic E-state index is 4.54. The molecule has 0 saturated heterocycles. The van der Waals surface area contributed by atoms with Crippen LogP contribution in [0.25, 0.3) is 0 Å². The molecule has 3 rings (SSSR count). The summed E-state index contributed by atoms with van der Waals surface area (Å²) in [5.74, 6) is 0. The highest BCUT2D eigenvalue weighted by Gasteiger charge is 2.40. The standard InChI is InChI=1S/C27H25I/c1-4-5-8-14-21(2)27(23-16-10-7-11-17-23)22(3)15-9-6-12-18-24-25(27)19-13-20-26(24)28/h4-17,19-20H,2-3,18H2,1H3/b5-4-,12-6-,14-8-,15-9-. The van der Waals surface area contributed by atoms with Crippen LogP contribution in [-0.4, -0.2) is 0 Å². The van der Waals surface area contributed by atoms with Gasteiger partial charge in [-0.15, -0.1) is 0 Å². The Balaban J connectivity index is 2.40. The summed E-state index contributed by atoms with van der Waals surface area (Å²) in [7, 11) is 0. The zero-order chi connectivity index (χ0) is 20.0. The van der Waals surface area contributed by atoms with Crippen LogP contribution in [0.4, 0.5) is 0 Å². The van der Waals surface area contributed by atoms with Crippen LogP contribution in [0.2, 0.25) is 0 Å². The minimum atomic E-state index is -0.515. The predicted molar refractivity (Wildman–Crippen MR) is 131 cm³/mol. The van der Waals surface area contributed by atoms with Gasteiger partial charge in [-0.25, -0.2) is 0 Å². The summed E-state index contributed by atoms with van der Waals surface area (Å²) < 4.78 is 1.26. The normalized spacial score (nSPS) is 21.7. The van der Waals surface area contributed by atoms with Crippen molar-refractivity contribution in [2.24, 2.45) is 0 Å². The lowest BCUT2D eigenvalue weighted by Gasteiger charge is -2.39. The molecule has 1 aliphatic rings. The number of benzene rings is 2. The molecular formula is C27H25I. The zero-order valence-electron chi connectivity index (χ0n) is 16.2. The van der Waals surface area contributed by atoms with Crippen molar-refractivity contribution in [3.63, 3.8) is 0 Å². The molecule has 0 N–H and O–H groups in total. The van der Waals surface area contributed by atoms with Crippen LogP contribution < -0.4 is 0 Å². The van der Waals surface area contributed by atoms with Crippen LogP contribution in [0.3, 0.4) is 0 Å². The topological polar surface area (TPSA) is 0 Å². The Kier molecular flexibility index (Phi) is 6.69. The first-order chi connectivity index (χ1) is 13.6. The number of halogens is 1. The molecule has 140 valence electrons. The van der Waals surface area contributed by atoms with Gasteiger partial charge in [-0.3, -0.25) is 0 Å². The van der Waals surface area contributed by atoms with E-state index in [9.17, 15) is 0 Å². The van der Waals surface area contributed by atoms with Crippen LogP contribution in [0.15, 0.2) is 121 Å². The summed E-state index contributed by atoms with van der Waals surface area (Å²) in [6.07, 6.45) is 17.6. The van der Waals surface area contributed by atoms with Crippen molar-refractivity contribution in [1.82, 2.24) is 0 Å². The Morgan fingerprint density at radius 2 is 1.82 bits per heavy atom. The van der Waals surface area contributed by atoms with Crippen LogP contribution >= 0.6 is 22.6 Å². The molecule has 1 atom stereocenters. The number of rotatable bonds is 4. The molecule has 0 saturated carbocycles. The largest absolute Gasteiger partial charge is 0.0942 e. The third kappa shape index (κ3) is 3.77. The molecule has 1 aliphatic carbocycles. The third-order valence-corrected chi connectivity index (χ3v) is 6.17. The second-order valence-corrected chi connectivity index (χ2v) is 7.97. The molecule has 1 heteroatoms. The molecule has 0 nitrogen and oxygen atoms in total. The Morgan fingerprint density at radius 1 is 1.04 bits per heavy atom. The van der Waals surface area contributed by atoms with Crippen molar-refractivity contribution in [1.29, 1.82) is 0 Å². The van der Waals surface area contributed by atoms with E-state index in [1.807, 2.05) is 19.1 Å². The molecule has 0 fully saturated rings. The molecular weight excluding hydrogens is 451 g/mol. The van der Waals surface area contributed by atoms with E-state index in [-0.39, 0.29) is 0 Å². The van der Waals surface area contributed by atoms with Crippen molar-refractivity contribution >= 4 is 22.6 Å². The van der Waals surface area contributed by atoms with E-state index in [1.54, 1.807) is 0 Å². The Bertz CT molecular complexity index is 986. The second-order valence-electron chi connectivity index (χ2n) is 6.81. The summed E-state index contributed by atoms with van der Waals surface area (Å²) in [5, 5.41) is 0. The maximum absolute atomic E-state index is 4.54. The number of hydrogen-bond acceptors (Lipinski definition) is 0. The SMILES string of the molecule is C=C(/C=C\C=C/C)C1(c2ccccc2)C(=C)/C=C\C=C/Cc2c(I)cccc21. The fraction of sp³-hybridized carbons (Fsp3) is 0.111. The maximum Gasteiger partial charge on any atom is 0.0693 e. The van der Waals surface area contributed by atoms with Crippen molar-refractivity contribution in [3.8, 4) is 0 Å². The smallest absolute Gasteiger partial charge is 0.0693 e. The average Bonchev–Trinajstić information content (AvgIpc) is 2.77. The van der Waals surface area contributed by atoms with Gasteiger partial charge in [-0.05, 0) is 69.8 Å². The van der Waals surface area contributed by atoms with E-state index in [4.69, 9.17) is 0 Å². The van der Waals surface area contributed by atoms with E-state index in [0.29, 0.717) is 0 Å². The van der Waals surface area contributed by atoms with Gasteiger partial charge in [0, 0.05) is 3.57 Å². The monoisotopic (exact) mass is 476 g/mol. The van der Waals surface area contributed by atoms with E-state index in [1.165, 1.54) is 20.3 Å². The minimum Gasteiger partial charge on any atom is -0.0942 e. The molecule has 0 spiro atoms. The van der Waals surface area contributed by atoms with Crippen molar-refractivity contribution in [3.05, 3.63) is 142 Å². The first-order valence-electron chi connectivity index (χ1n) is 9.47. The van der Waals surface area contributed by atoms with Crippen LogP contribution in [0.1, 0.15) is 23.6 Å². The van der Waals surface area contributed by atoms with Gasteiger partial charge in [0.25, 0.3) is 0 Å². The lowest BCUT2D eigenvalue weighted by Crippen LogP contribution is -2.32. The van der Waals surface area contributed by atoms with Crippen molar-refractivity contribution in [2.75, 3.05) is 0 Å². The number of hydrogen-bond donors (Lipinski definition) is 0. The lowest BCUT2D eigenvalue weighted by molar-refractivity contribution is 0.737. The van der Waals surface area contributed by atoms with Gasteiger partial charge in [0.2, 0.25) is 0 Å². The first-order valence-corrected chi connectivity index (χ1v) is 10.5. The molecule has 0 amide bonds. The summed E-state index contributed by atoms with van der Waals surface area (Å²) in [6, 6.07) is 17.2. The Labute approximate surface area is 182 Å². The minimum absolute atomic E-state index is 0.515. The highest BCUT2D eigenvalue weighted by atomic mass is 127. The van der Waals surface area contributed by atoms with E-state index >= 15 is 0 Å². The van der Waals surface area contributed by atoms with Gasteiger partial charge in [0.05, 0.1) is 5.41 Å². The fourth-order valence-electron chi connectivity index (χ4n) is 3.85. The Hall–Kier alpha value is -2.39. The molecule has 2 aromatic rings. The van der Waals surface area contributed by atoms with Crippen LogP contribution in [0.5, 0.6) is 0 Å². The van der Waals surface area contributed by atoms with E-state index in [0.717, 1.165) is 17.6 Å². The van der Waals surface area contributed by atoms with Gasteiger partial charge >= 0.3 is 0 Å². The molecule has 0 radical (unpaired) electrons. The van der Waals surface area contributed by atoms with E-state index < -0.39 is 5.41 Å². The van der Waals surface area contributed by atoms with Gasteiger partial charge in [0.15, 0.2) is 0 Å². The second kappa shape index (κ2) is 9.20. The lowest BCUT2D eigenvalue weighted by atomic mass is 9.63. The predicted octanol–water partition coefficient (Wildman–Crippen LogP) is 7.49. The molecule has 0 heterocycles. The summed E-state index contributed by atoms with van der Waals surface area (Å²) in [6.45, 7) is 11.1. The summed E-state index contributed by atoms with van der Waals surface area (Å²) in [5.41, 5.74) is 5.28. The molecule has 2 aromatic carbocycles. The van der Waals surface area contributed by atoms with Crippen LogP contribution in [0, 0.1) is 3.57 Å². The highest BCUT2D eigenvalue weighted by molar-refractivity contribution is 14.1. The fourth-order valence-corrected chi connectivity index (χ4v) is 4.57. The van der Waals surface area contributed by atoms with Gasteiger partial charge in [-0.1, -0.05) is 104 Å². The Morgan fingerprint density at radius 3 is 2.57 bits per heavy atom. The molecule has 0 aromatic heterocycles. The van der Waals surface area contributed by atoms with Gasteiger partial charge in [-0.2, -0.15) is 0 Å². The highest BCUT2D eigenvalue weighted by Crippen LogP contribution is 2.47. The third-order valence-electron chi connectivity index (χ3n) is 5.16. The first kappa shape index (κ1) is 20.3.